The minimum atomic E-state index is -0.0822. The van der Waals surface area contributed by atoms with Gasteiger partial charge in [-0.2, -0.15) is 5.10 Å². The lowest BCUT2D eigenvalue weighted by molar-refractivity contribution is 0.103. The Balaban J connectivity index is 1.42. The number of benzene rings is 2. The summed E-state index contributed by atoms with van der Waals surface area (Å²) in [6.07, 6.45) is 0.790. The first-order valence-corrected chi connectivity index (χ1v) is 9.88. The zero-order valence-corrected chi connectivity index (χ0v) is 16.9. The van der Waals surface area contributed by atoms with Crippen LogP contribution in [0.3, 0.4) is 0 Å². The number of nitrogens with zero attached hydrogens (tertiary/aromatic N) is 3. The van der Waals surface area contributed by atoms with Crippen LogP contribution in [0, 0.1) is 6.92 Å². The van der Waals surface area contributed by atoms with Crippen LogP contribution in [0.15, 0.2) is 54.6 Å². The number of rotatable bonds is 5. The highest BCUT2D eigenvalue weighted by Crippen LogP contribution is 2.24. The first kappa shape index (κ1) is 19.2. The molecule has 1 aliphatic rings. The molecule has 29 heavy (non-hydrogen) atoms. The molecule has 4 rings (SSSR count). The fourth-order valence-electron chi connectivity index (χ4n) is 3.72. The van der Waals surface area contributed by atoms with E-state index in [9.17, 15) is 4.79 Å². The van der Waals surface area contributed by atoms with Crippen LogP contribution in [-0.2, 0) is 38.0 Å². The maximum atomic E-state index is 12.8. The molecular weight excluding hydrogens is 364 g/mol. The summed E-state index contributed by atoms with van der Waals surface area (Å²) in [6.45, 7) is 4.22. The molecule has 3 aromatic rings. The molecule has 0 unspecified atom stereocenters. The van der Waals surface area contributed by atoms with E-state index in [4.69, 9.17) is 4.74 Å². The van der Waals surface area contributed by atoms with E-state index in [0.29, 0.717) is 26.3 Å². The molecule has 0 spiro atoms. The van der Waals surface area contributed by atoms with Crippen molar-refractivity contribution in [2.75, 3.05) is 11.9 Å². The molecule has 0 atom stereocenters. The molecule has 0 aliphatic carbocycles. The second-order valence-corrected chi connectivity index (χ2v) is 7.45. The number of hydrogen-bond donors (Lipinski definition) is 1. The molecule has 2 aromatic carbocycles. The van der Waals surface area contributed by atoms with Gasteiger partial charge < -0.3 is 15.0 Å². The summed E-state index contributed by atoms with van der Waals surface area (Å²) in [5.41, 5.74) is 6.27. The maximum absolute atomic E-state index is 12.8. The van der Waals surface area contributed by atoms with Crippen LogP contribution in [0.4, 0.5) is 10.5 Å². The third-order valence-electron chi connectivity index (χ3n) is 5.23. The number of aryl methyl sites for hydroxylation is 2. The predicted octanol–water partition coefficient (Wildman–Crippen LogP) is 4.04. The van der Waals surface area contributed by atoms with Crippen molar-refractivity contribution >= 4 is 11.7 Å². The van der Waals surface area contributed by atoms with Crippen LogP contribution in [-0.4, -0.2) is 27.3 Å². The fourth-order valence-corrected chi connectivity index (χ4v) is 3.72. The molecule has 2 amide bonds. The van der Waals surface area contributed by atoms with Crippen molar-refractivity contribution in [1.82, 2.24) is 14.7 Å². The second kappa shape index (κ2) is 8.49. The van der Waals surface area contributed by atoms with Gasteiger partial charge in [-0.3, -0.25) is 4.68 Å². The summed E-state index contributed by atoms with van der Waals surface area (Å²) in [5, 5.41) is 7.65. The van der Waals surface area contributed by atoms with Crippen molar-refractivity contribution in [2.45, 2.75) is 33.1 Å². The van der Waals surface area contributed by atoms with Crippen LogP contribution in [0.1, 0.15) is 28.1 Å². The molecule has 0 radical (unpaired) electrons. The molecule has 6 nitrogen and oxygen atoms in total. The van der Waals surface area contributed by atoms with E-state index in [1.165, 1.54) is 5.69 Å². The molecule has 0 bridgehead atoms. The first-order chi connectivity index (χ1) is 14.1. The summed E-state index contributed by atoms with van der Waals surface area (Å²) in [6, 6.07) is 17.9. The number of hydrogen-bond acceptors (Lipinski definition) is 3. The van der Waals surface area contributed by atoms with Crippen molar-refractivity contribution in [3.63, 3.8) is 0 Å². The van der Waals surface area contributed by atoms with Gasteiger partial charge in [0.1, 0.15) is 0 Å². The third kappa shape index (κ3) is 4.49. The summed E-state index contributed by atoms with van der Waals surface area (Å²) < 4.78 is 7.82. The average molecular weight is 390 g/mol. The van der Waals surface area contributed by atoms with Gasteiger partial charge in [0.05, 0.1) is 25.5 Å². The lowest BCUT2D eigenvalue weighted by atomic mass is 10.1. The number of urea groups is 1. The van der Waals surface area contributed by atoms with Gasteiger partial charge in [0.2, 0.25) is 0 Å². The van der Waals surface area contributed by atoms with Gasteiger partial charge in [-0.15, -0.1) is 0 Å². The van der Waals surface area contributed by atoms with Crippen LogP contribution < -0.4 is 5.32 Å². The quantitative estimate of drug-likeness (QED) is 0.715. The number of carbonyl (C=O) groups excluding carboxylic acids is 1. The molecule has 0 fully saturated rings. The number of ether oxygens (including phenoxy) is 1. The molecule has 6 heteroatoms. The topological polar surface area (TPSA) is 59.4 Å². The van der Waals surface area contributed by atoms with Crippen molar-refractivity contribution in [2.24, 2.45) is 7.05 Å². The molecule has 0 saturated carbocycles. The van der Waals surface area contributed by atoms with Gasteiger partial charge >= 0.3 is 6.03 Å². The number of fused-ring (bicyclic) bond motifs is 1. The summed E-state index contributed by atoms with van der Waals surface area (Å²) >= 11 is 0. The van der Waals surface area contributed by atoms with Crippen LogP contribution in [0.5, 0.6) is 0 Å². The van der Waals surface area contributed by atoms with E-state index in [-0.39, 0.29) is 6.03 Å². The van der Waals surface area contributed by atoms with Gasteiger partial charge in [0.25, 0.3) is 0 Å². The number of aromatic nitrogens is 2. The SMILES string of the molecule is Cc1cccc(NC(=O)N2CCc3c(c(COCc4ccccc4)nn3C)C2)c1. The van der Waals surface area contributed by atoms with Gasteiger partial charge in [-0.05, 0) is 30.2 Å². The molecule has 1 N–H and O–H groups in total. The van der Waals surface area contributed by atoms with E-state index in [2.05, 4.69) is 10.4 Å². The molecular formula is C23H26N4O2. The van der Waals surface area contributed by atoms with Gasteiger partial charge in [0.15, 0.2) is 0 Å². The average Bonchev–Trinajstić information content (AvgIpc) is 3.04. The van der Waals surface area contributed by atoms with E-state index >= 15 is 0 Å². The standard InChI is InChI=1S/C23H26N4O2/c1-17-7-6-10-19(13-17)24-23(28)27-12-11-22-20(14-27)21(25-26(22)2)16-29-15-18-8-4-3-5-9-18/h3-10,13H,11-12,14-16H2,1-2H3,(H,24,28). The Hall–Kier alpha value is -3.12. The van der Waals surface area contributed by atoms with E-state index in [1.807, 2.05) is 78.2 Å². The van der Waals surface area contributed by atoms with E-state index in [1.54, 1.807) is 0 Å². The maximum Gasteiger partial charge on any atom is 0.322 e. The third-order valence-corrected chi connectivity index (χ3v) is 5.23. The number of nitrogens with one attached hydrogen (secondary N) is 1. The fraction of sp³-hybridized carbons (Fsp3) is 0.304. The molecule has 2 heterocycles. The minimum Gasteiger partial charge on any atom is -0.370 e. The normalized spacial score (nSPS) is 13.2. The number of anilines is 1. The Bertz CT molecular complexity index is 997. The van der Waals surface area contributed by atoms with Crippen molar-refractivity contribution in [3.05, 3.63) is 82.7 Å². The second-order valence-electron chi connectivity index (χ2n) is 7.45. The van der Waals surface area contributed by atoms with Gasteiger partial charge in [-0.25, -0.2) is 4.79 Å². The van der Waals surface area contributed by atoms with Crippen LogP contribution in [0.2, 0.25) is 0 Å². The molecule has 1 aliphatic heterocycles. The largest absolute Gasteiger partial charge is 0.370 e. The van der Waals surface area contributed by atoms with Crippen molar-refractivity contribution < 1.29 is 9.53 Å². The first-order valence-electron chi connectivity index (χ1n) is 9.88. The smallest absolute Gasteiger partial charge is 0.322 e. The lowest BCUT2D eigenvalue weighted by Crippen LogP contribution is -2.39. The van der Waals surface area contributed by atoms with Crippen molar-refractivity contribution in [1.29, 1.82) is 0 Å². The molecule has 0 saturated heterocycles. The Kier molecular flexibility index (Phi) is 5.62. The predicted molar refractivity (Wildman–Crippen MR) is 112 cm³/mol. The van der Waals surface area contributed by atoms with Gasteiger partial charge in [-0.1, -0.05) is 42.5 Å². The van der Waals surface area contributed by atoms with Crippen LogP contribution >= 0.6 is 0 Å². The van der Waals surface area contributed by atoms with Gasteiger partial charge in [0, 0.05) is 37.0 Å². The summed E-state index contributed by atoms with van der Waals surface area (Å²) in [4.78, 5) is 14.6. The lowest BCUT2D eigenvalue weighted by Gasteiger charge is -2.28. The highest BCUT2D eigenvalue weighted by Gasteiger charge is 2.26. The number of carbonyl (C=O) groups is 1. The highest BCUT2D eigenvalue weighted by atomic mass is 16.5. The minimum absolute atomic E-state index is 0.0822. The highest BCUT2D eigenvalue weighted by molar-refractivity contribution is 5.89. The summed E-state index contributed by atoms with van der Waals surface area (Å²) in [5.74, 6) is 0. The molecule has 150 valence electrons. The number of amides is 2. The monoisotopic (exact) mass is 390 g/mol. The summed E-state index contributed by atoms with van der Waals surface area (Å²) in [7, 11) is 1.96. The zero-order valence-electron chi connectivity index (χ0n) is 16.9. The Morgan fingerprint density at radius 1 is 1.14 bits per heavy atom. The molecule has 1 aromatic heterocycles. The van der Waals surface area contributed by atoms with E-state index < -0.39 is 0 Å². The Morgan fingerprint density at radius 2 is 1.97 bits per heavy atom. The van der Waals surface area contributed by atoms with Crippen molar-refractivity contribution in [3.8, 4) is 0 Å². The Morgan fingerprint density at radius 3 is 2.76 bits per heavy atom. The van der Waals surface area contributed by atoms with E-state index in [0.717, 1.165) is 34.5 Å². The zero-order chi connectivity index (χ0) is 20.2. The van der Waals surface area contributed by atoms with Crippen LogP contribution in [0.25, 0.3) is 0 Å². The Labute approximate surface area is 171 Å².